The second-order valence-electron chi connectivity index (χ2n) is 20.9. The highest BCUT2D eigenvalue weighted by Crippen LogP contribution is 2.16. The molecule has 436 valence electrons. The molecule has 0 bridgehead atoms. The molecule has 0 aliphatic heterocycles. The number of hydrogen-bond acceptors (Lipinski definition) is 8. The van der Waals surface area contributed by atoms with E-state index in [1.807, 2.05) is 21.1 Å². The number of quaternary nitrogens is 1. The van der Waals surface area contributed by atoms with Gasteiger partial charge in [0.2, 0.25) is 0 Å². The Morgan fingerprint density at radius 2 is 0.714 bits per heavy atom. The molecule has 0 N–H and O–H groups in total. The largest absolute Gasteiger partial charge is 0.545 e. The van der Waals surface area contributed by atoms with Gasteiger partial charge in [-0.3, -0.25) is 9.59 Å². The van der Waals surface area contributed by atoms with E-state index in [9.17, 15) is 19.5 Å². The number of carboxylic acids is 1. The van der Waals surface area contributed by atoms with Gasteiger partial charge in [-0.15, -0.1) is 0 Å². The van der Waals surface area contributed by atoms with Crippen molar-refractivity contribution >= 4 is 17.9 Å². The smallest absolute Gasteiger partial charge is 0.306 e. The quantitative estimate of drug-likeness (QED) is 0.0195. The summed E-state index contributed by atoms with van der Waals surface area (Å²) in [7, 11) is 5.90. The fourth-order valence-corrected chi connectivity index (χ4v) is 7.81. The van der Waals surface area contributed by atoms with E-state index < -0.39 is 30.3 Å². The normalized spacial score (nSPS) is 13.7. The molecule has 9 nitrogen and oxygen atoms in total. The first kappa shape index (κ1) is 72.4. The first-order valence-corrected chi connectivity index (χ1v) is 30.3. The molecule has 2 unspecified atom stereocenters. The Balaban J connectivity index is 4.19. The fraction of sp³-hybridized carbons (Fsp3) is 0.632. The highest BCUT2D eigenvalue weighted by atomic mass is 16.7. The summed E-state index contributed by atoms with van der Waals surface area (Å²) < 4.78 is 22.6. The van der Waals surface area contributed by atoms with E-state index in [0.717, 1.165) is 96.3 Å². The summed E-state index contributed by atoms with van der Waals surface area (Å²) in [5.74, 6) is -2.37. The van der Waals surface area contributed by atoms with Gasteiger partial charge in [-0.05, 0) is 103 Å². The van der Waals surface area contributed by atoms with Crippen LogP contribution in [0.1, 0.15) is 219 Å². The van der Waals surface area contributed by atoms with E-state index in [2.05, 4.69) is 148 Å². The van der Waals surface area contributed by atoms with Crippen molar-refractivity contribution in [1.82, 2.24) is 0 Å². The van der Waals surface area contributed by atoms with Gasteiger partial charge in [-0.25, -0.2) is 0 Å². The first-order valence-electron chi connectivity index (χ1n) is 30.3. The van der Waals surface area contributed by atoms with Crippen molar-refractivity contribution in [2.24, 2.45) is 0 Å². The lowest BCUT2D eigenvalue weighted by Gasteiger charge is -2.26. The Kier molecular flexibility index (Phi) is 54.2. The lowest BCUT2D eigenvalue weighted by atomic mass is 10.0. The topological polar surface area (TPSA) is 111 Å². The van der Waals surface area contributed by atoms with Crippen molar-refractivity contribution in [2.75, 3.05) is 47.5 Å². The monoisotopic (exact) mass is 1070 g/mol. The highest BCUT2D eigenvalue weighted by molar-refractivity contribution is 5.70. The molecule has 77 heavy (non-hydrogen) atoms. The number of carbonyl (C=O) groups excluding carboxylic acids is 3. The van der Waals surface area contributed by atoms with Crippen LogP contribution in [0.3, 0.4) is 0 Å². The van der Waals surface area contributed by atoms with Gasteiger partial charge in [0.05, 0.1) is 40.3 Å². The molecule has 0 aromatic heterocycles. The number of ether oxygens (including phenoxy) is 4. The molecular formula is C68H111NO8. The molecular weight excluding hydrogens is 959 g/mol. The van der Waals surface area contributed by atoms with Gasteiger partial charge in [-0.1, -0.05) is 237 Å². The van der Waals surface area contributed by atoms with Crippen LogP contribution >= 0.6 is 0 Å². The second kappa shape index (κ2) is 57.6. The van der Waals surface area contributed by atoms with Gasteiger partial charge >= 0.3 is 11.9 Å². The van der Waals surface area contributed by atoms with Crippen molar-refractivity contribution in [3.8, 4) is 0 Å². The molecule has 9 heteroatoms. The van der Waals surface area contributed by atoms with Gasteiger partial charge in [0.25, 0.3) is 0 Å². The molecule has 0 heterocycles. The Morgan fingerprint density at radius 1 is 0.390 bits per heavy atom. The van der Waals surface area contributed by atoms with Crippen LogP contribution in [-0.2, 0) is 33.3 Å². The van der Waals surface area contributed by atoms with Crippen LogP contribution in [-0.4, -0.2) is 82.3 Å². The SMILES string of the molecule is CC/C=C\C/C=C\C/C=C\C/C=C\C/C=C\C/C=C\CCCCCCCCCCCCCCCCCCC(=O)OC(COC(=O)CCC/C=C\C/C=C\C/C=C\C/C=C\C/C=C\CC)COC(OCC[N+](C)(C)C)C(=O)[O-]. The average Bonchev–Trinajstić information content (AvgIpc) is 3.40. The van der Waals surface area contributed by atoms with Crippen LogP contribution in [0.5, 0.6) is 0 Å². The van der Waals surface area contributed by atoms with Crippen molar-refractivity contribution in [3.63, 3.8) is 0 Å². The summed E-state index contributed by atoms with van der Waals surface area (Å²) >= 11 is 0. The standard InChI is InChI=1S/C68H111NO8/c1-6-8-10-12-14-16-18-20-22-24-25-26-27-28-29-30-31-32-33-34-35-36-37-38-39-40-41-43-45-47-49-51-53-55-57-59-66(71)77-64(63-76-68(67(72)73)74-61-60-69(3,4)5)62-75-65(70)58-56-54-52-50-48-46-44-42-23-21-19-17-15-13-11-9-7-2/h8-11,14-17,20-23,25-26,28-29,31-32,44,46,50,52,64,68H,6-7,12-13,18-19,24,27,30,33-43,45,47-49,51,53-63H2,1-5H3/b10-8-,11-9-,16-14-,17-15-,22-20-,23-21-,26-25-,29-28-,32-31-,46-44-,52-50-. The highest BCUT2D eigenvalue weighted by Gasteiger charge is 2.22. The summed E-state index contributed by atoms with van der Waals surface area (Å²) in [5, 5.41) is 11.8. The summed E-state index contributed by atoms with van der Waals surface area (Å²) in [6.07, 6.45) is 79.5. The Morgan fingerprint density at radius 3 is 1.08 bits per heavy atom. The summed E-state index contributed by atoms with van der Waals surface area (Å²) in [6, 6.07) is 0. The van der Waals surface area contributed by atoms with Crippen LogP contribution in [0.4, 0.5) is 0 Å². The molecule has 0 fully saturated rings. The maximum atomic E-state index is 12.9. The molecule has 0 radical (unpaired) electrons. The third-order valence-electron chi connectivity index (χ3n) is 12.4. The van der Waals surface area contributed by atoms with Gasteiger partial charge in [0.15, 0.2) is 12.4 Å². The summed E-state index contributed by atoms with van der Waals surface area (Å²) in [5.41, 5.74) is 0. The number of nitrogens with zero attached hydrogens (tertiary/aromatic N) is 1. The van der Waals surface area contributed by atoms with Gasteiger partial charge in [0.1, 0.15) is 13.2 Å². The number of allylic oxidation sites excluding steroid dienone is 22. The number of hydrogen-bond donors (Lipinski definition) is 0. The van der Waals surface area contributed by atoms with Crippen LogP contribution < -0.4 is 5.11 Å². The van der Waals surface area contributed by atoms with E-state index in [0.29, 0.717) is 23.9 Å². The molecule has 0 saturated carbocycles. The predicted molar refractivity (Wildman–Crippen MR) is 324 cm³/mol. The summed E-state index contributed by atoms with van der Waals surface area (Å²) in [6.45, 7) is 4.44. The number of rotatable bonds is 54. The summed E-state index contributed by atoms with van der Waals surface area (Å²) in [4.78, 5) is 37.3. The molecule has 0 aromatic rings. The molecule has 0 rings (SSSR count). The number of likely N-dealkylation sites (N-methyl/N-ethyl adjacent to an activating group) is 1. The second-order valence-corrected chi connectivity index (χ2v) is 20.9. The Bertz CT molecular complexity index is 1720. The molecule has 2 atom stereocenters. The zero-order chi connectivity index (χ0) is 56.2. The number of aliphatic carboxylic acids is 1. The van der Waals surface area contributed by atoms with Gasteiger partial charge < -0.3 is 33.3 Å². The van der Waals surface area contributed by atoms with Crippen LogP contribution in [0.2, 0.25) is 0 Å². The molecule has 0 aromatic carbocycles. The Hall–Kier alpha value is -4.57. The predicted octanol–water partition coefficient (Wildman–Crippen LogP) is 16.9. The van der Waals surface area contributed by atoms with E-state index in [1.165, 1.54) is 83.5 Å². The number of carbonyl (C=O) groups is 3. The number of carboxylic acid groups (broad SMARTS) is 1. The van der Waals surface area contributed by atoms with E-state index in [4.69, 9.17) is 18.9 Å². The van der Waals surface area contributed by atoms with Crippen molar-refractivity contribution in [3.05, 3.63) is 134 Å². The number of unbranched alkanes of at least 4 members (excludes halogenated alkanes) is 17. The Labute approximate surface area is 471 Å². The van der Waals surface area contributed by atoms with Gasteiger partial charge in [-0.2, -0.15) is 0 Å². The van der Waals surface area contributed by atoms with Crippen LogP contribution in [0.15, 0.2) is 134 Å². The minimum Gasteiger partial charge on any atom is -0.545 e. The molecule has 0 spiro atoms. The maximum Gasteiger partial charge on any atom is 0.306 e. The average molecular weight is 1070 g/mol. The minimum atomic E-state index is -1.64. The van der Waals surface area contributed by atoms with Gasteiger partial charge in [0, 0.05) is 12.8 Å². The zero-order valence-electron chi connectivity index (χ0n) is 49.5. The molecule has 0 aliphatic rings. The lowest BCUT2D eigenvalue weighted by molar-refractivity contribution is -0.870. The van der Waals surface area contributed by atoms with E-state index >= 15 is 0 Å². The van der Waals surface area contributed by atoms with E-state index in [-0.39, 0.29) is 32.7 Å². The molecule has 0 amide bonds. The molecule has 0 saturated heterocycles. The fourth-order valence-electron chi connectivity index (χ4n) is 7.81. The van der Waals surface area contributed by atoms with Crippen molar-refractivity contribution < 1.29 is 42.9 Å². The van der Waals surface area contributed by atoms with Crippen molar-refractivity contribution in [1.29, 1.82) is 0 Å². The minimum absolute atomic E-state index is 0.133. The maximum absolute atomic E-state index is 12.9. The van der Waals surface area contributed by atoms with Crippen LogP contribution in [0.25, 0.3) is 0 Å². The van der Waals surface area contributed by atoms with E-state index in [1.54, 1.807) is 0 Å². The zero-order valence-corrected chi connectivity index (χ0v) is 49.5. The third-order valence-corrected chi connectivity index (χ3v) is 12.4. The lowest BCUT2D eigenvalue weighted by Crippen LogP contribution is -2.44. The molecule has 0 aliphatic carbocycles. The number of esters is 2. The third kappa shape index (κ3) is 58.9. The van der Waals surface area contributed by atoms with Crippen LogP contribution in [0, 0.1) is 0 Å². The van der Waals surface area contributed by atoms with Crippen molar-refractivity contribution in [2.45, 2.75) is 232 Å². The first-order chi connectivity index (χ1) is 37.6.